The first-order chi connectivity index (χ1) is 7.26. The van der Waals surface area contributed by atoms with Crippen molar-refractivity contribution in [2.24, 2.45) is 5.73 Å². The number of hydrogen-bond acceptors (Lipinski definition) is 4. The lowest BCUT2D eigenvalue weighted by molar-refractivity contribution is -0.108. The quantitative estimate of drug-likeness (QED) is 0.591. The first-order valence-corrected chi connectivity index (χ1v) is 4.89. The van der Waals surface area contributed by atoms with Crippen LogP contribution in [-0.4, -0.2) is 30.1 Å². The number of hydrogen-bond donors (Lipinski definition) is 3. The third kappa shape index (κ3) is 4.10. The van der Waals surface area contributed by atoms with Crippen LogP contribution in [0.5, 0.6) is 0 Å². The zero-order valence-corrected chi connectivity index (χ0v) is 8.47. The molecule has 0 heterocycles. The Morgan fingerprint density at radius 3 is 2.60 bits per heavy atom. The van der Waals surface area contributed by atoms with Gasteiger partial charge in [0.25, 0.3) is 0 Å². The minimum absolute atomic E-state index is 0.110. The van der Waals surface area contributed by atoms with Crippen molar-refractivity contribution in [3.8, 4) is 0 Å². The predicted molar refractivity (Wildman–Crippen MR) is 59.6 cm³/mol. The fourth-order valence-corrected chi connectivity index (χ4v) is 1.30. The average Bonchev–Trinajstić information content (AvgIpc) is 2.29. The van der Waals surface area contributed by atoms with Gasteiger partial charge in [0.1, 0.15) is 6.29 Å². The molecule has 1 aromatic carbocycles. The zero-order chi connectivity index (χ0) is 11.1. The number of para-hydroxylation sites is 1. The smallest absolute Gasteiger partial charge is 0.142 e. The number of carbonyl (C=O) groups excluding carboxylic acids is 1. The number of anilines is 1. The molecule has 0 saturated heterocycles. The van der Waals surface area contributed by atoms with Crippen LogP contribution in [0.15, 0.2) is 30.3 Å². The Hall–Kier alpha value is -1.39. The summed E-state index contributed by atoms with van der Waals surface area (Å²) in [7, 11) is 0. The van der Waals surface area contributed by atoms with Crippen LogP contribution in [0.3, 0.4) is 0 Å². The Morgan fingerprint density at radius 1 is 1.40 bits per heavy atom. The summed E-state index contributed by atoms with van der Waals surface area (Å²) in [4.78, 5) is 10.8. The lowest BCUT2D eigenvalue weighted by atomic mass is 10.1. The minimum Gasteiger partial charge on any atom is -0.395 e. The van der Waals surface area contributed by atoms with Crippen LogP contribution in [0.4, 0.5) is 5.69 Å². The highest BCUT2D eigenvalue weighted by Gasteiger charge is 2.11. The molecule has 0 amide bonds. The van der Waals surface area contributed by atoms with E-state index in [9.17, 15) is 4.79 Å². The number of nitrogens with one attached hydrogen (secondary N) is 1. The van der Waals surface area contributed by atoms with Gasteiger partial charge in [-0.25, -0.2) is 0 Å². The summed E-state index contributed by atoms with van der Waals surface area (Å²) in [5.41, 5.74) is 6.43. The molecule has 4 N–H and O–H groups in total. The molecule has 1 rings (SSSR count). The van der Waals surface area contributed by atoms with Gasteiger partial charge in [0.15, 0.2) is 0 Å². The molecule has 4 nitrogen and oxygen atoms in total. The highest BCUT2D eigenvalue weighted by atomic mass is 16.3. The predicted octanol–water partition coefficient (Wildman–Crippen LogP) is 0.376. The van der Waals surface area contributed by atoms with E-state index < -0.39 is 0 Å². The summed E-state index contributed by atoms with van der Waals surface area (Å²) in [6, 6.07) is 8.71. The van der Waals surface area contributed by atoms with E-state index in [2.05, 4.69) is 5.32 Å². The summed E-state index contributed by atoms with van der Waals surface area (Å²) < 4.78 is 0. The molecule has 0 aliphatic heterocycles. The van der Waals surface area contributed by atoms with Crippen LogP contribution in [-0.2, 0) is 4.79 Å². The molecular formula is C11H16N2O2. The van der Waals surface area contributed by atoms with Crippen molar-refractivity contribution in [1.82, 2.24) is 0 Å². The summed E-state index contributed by atoms with van der Waals surface area (Å²) in [6.07, 6.45) is 1.23. The Bertz CT molecular complexity index is 290. The third-order valence-electron chi connectivity index (χ3n) is 2.08. The molecule has 2 unspecified atom stereocenters. The molecule has 2 atom stereocenters. The van der Waals surface area contributed by atoms with Gasteiger partial charge in [-0.2, -0.15) is 0 Å². The van der Waals surface area contributed by atoms with E-state index in [1.54, 1.807) is 0 Å². The molecule has 0 aromatic heterocycles. The van der Waals surface area contributed by atoms with Gasteiger partial charge < -0.3 is 21.0 Å². The summed E-state index contributed by atoms with van der Waals surface area (Å²) in [5, 5.41) is 11.8. The summed E-state index contributed by atoms with van der Waals surface area (Å²) >= 11 is 0. The third-order valence-corrected chi connectivity index (χ3v) is 2.08. The van der Waals surface area contributed by atoms with E-state index in [0.717, 1.165) is 12.0 Å². The molecule has 0 bridgehead atoms. The normalized spacial score (nSPS) is 14.3. The molecule has 82 valence electrons. The number of nitrogens with two attached hydrogens (primary N) is 1. The number of aliphatic hydroxyl groups excluding tert-OH is 1. The second-order valence-corrected chi connectivity index (χ2v) is 3.43. The standard InChI is InChI=1S/C11H16N2O2/c12-9(7-14)6-11(8-15)13-10-4-2-1-3-5-10/h1-5,8-9,11,13-14H,6-7,12H2. The highest BCUT2D eigenvalue weighted by molar-refractivity contribution is 5.64. The average molecular weight is 208 g/mol. The summed E-state index contributed by atoms with van der Waals surface area (Å²) in [6.45, 7) is -0.110. The molecule has 4 heteroatoms. The van der Waals surface area contributed by atoms with Crippen LogP contribution in [0.1, 0.15) is 6.42 Å². The molecule has 0 radical (unpaired) electrons. The van der Waals surface area contributed by atoms with E-state index in [-0.39, 0.29) is 18.7 Å². The van der Waals surface area contributed by atoms with E-state index in [1.807, 2.05) is 30.3 Å². The first-order valence-electron chi connectivity index (χ1n) is 4.89. The molecule has 1 aromatic rings. The maximum atomic E-state index is 10.8. The van der Waals surface area contributed by atoms with E-state index in [4.69, 9.17) is 10.8 Å². The molecule has 0 spiro atoms. The molecule has 15 heavy (non-hydrogen) atoms. The van der Waals surface area contributed by atoms with Gasteiger partial charge in [-0.1, -0.05) is 18.2 Å². The van der Waals surface area contributed by atoms with Crippen molar-refractivity contribution in [3.05, 3.63) is 30.3 Å². The zero-order valence-electron chi connectivity index (χ0n) is 8.47. The van der Waals surface area contributed by atoms with E-state index >= 15 is 0 Å². The largest absolute Gasteiger partial charge is 0.395 e. The number of aldehydes is 1. The van der Waals surface area contributed by atoms with Crippen LogP contribution in [0, 0.1) is 0 Å². The number of benzene rings is 1. The van der Waals surface area contributed by atoms with E-state index in [0.29, 0.717) is 6.42 Å². The van der Waals surface area contributed by atoms with Crippen LogP contribution >= 0.6 is 0 Å². The fourth-order valence-electron chi connectivity index (χ4n) is 1.30. The van der Waals surface area contributed by atoms with Crippen molar-refractivity contribution >= 4 is 12.0 Å². The monoisotopic (exact) mass is 208 g/mol. The van der Waals surface area contributed by atoms with Gasteiger partial charge in [-0.3, -0.25) is 0 Å². The van der Waals surface area contributed by atoms with Crippen molar-refractivity contribution in [3.63, 3.8) is 0 Å². The van der Waals surface area contributed by atoms with Crippen molar-refractivity contribution in [2.75, 3.05) is 11.9 Å². The Balaban J connectivity index is 2.50. The lowest BCUT2D eigenvalue weighted by Crippen LogP contribution is -2.34. The number of rotatable bonds is 6. The fraction of sp³-hybridized carbons (Fsp3) is 0.364. The molecular weight excluding hydrogens is 192 g/mol. The van der Waals surface area contributed by atoms with Gasteiger partial charge in [-0.15, -0.1) is 0 Å². The maximum absolute atomic E-state index is 10.8. The van der Waals surface area contributed by atoms with Crippen molar-refractivity contribution in [1.29, 1.82) is 0 Å². The van der Waals surface area contributed by atoms with Gasteiger partial charge in [0.2, 0.25) is 0 Å². The Morgan fingerprint density at radius 2 is 2.07 bits per heavy atom. The molecule has 0 aliphatic carbocycles. The second kappa shape index (κ2) is 6.16. The SMILES string of the molecule is NC(CO)CC(C=O)Nc1ccccc1. The van der Waals surface area contributed by atoms with Crippen molar-refractivity contribution in [2.45, 2.75) is 18.5 Å². The lowest BCUT2D eigenvalue weighted by Gasteiger charge is -2.16. The van der Waals surface area contributed by atoms with Gasteiger partial charge in [0, 0.05) is 11.7 Å². The van der Waals surface area contributed by atoms with Crippen molar-refractivity contribution < 1.29 is 9.90 Å². The topological polar surface area (TPSA) is 75.3 Å². The van der Waals surface area contributed by atoms with Crippen LogP contribution in [0.25, 0.3) is 0 Å². The first kappa shape index (κ1) is 11.7. The molecule has 0 saturated carbocycles. The number of carbonyl (C=O) groups is 1. The molecule has 0 aliphatic rings. The highest BCUT2D eigenvalue weighted by Crippen LogP contribution is 2.08. The van der Waals surface area contributed by atoms with Gasteiger partial charge in [0.05, 0.1) is 12.6 Å². The Labute approximate surface area is 89.1 Å². The van der Waals surface area contributed by atoms with Crippen LogP contribution in [0.2, 0.25) is 0 Å². The van der Waals surface area contributed by atoms with Gasteiger partial charge >= 0.3 is 0 Å². The number of aliphatic hydroxyl groups is 1. The molecule has 0 fully saturated rings. The van der Waals surface area contributed by atoms with E-state index in [1.165, 1.54) is 0 Å². The second-order valence-electron chi connectivity index (χ2n) is 3.43. The maximum Gasteiger partial charge on any atom is 0.142 e. The van der Waals surface area contributed by atoms with Crippen LogP contribution < -0.4 is 11.1 Å². The Kier molecular flexibility index (Phi) is 4.80. The van der Waals surface area contributed by atoms with Gasteiger partial charge in [-0.05, 0) is 18.6 Å². The summed E-state index contributed by atoms with van der Waals surface area (Å²) in [5.74, 6) is 0. The minimum atomic E-state index is -0.364.